The maximum Gasteiger partial charge on any atom is 0.255 e. The number of nitrogens with one attached hydrogen (secondary N) is 1. The van der Waals surface area contributed by atoms with Gasteiger partial charge in [0.25, 0.3) is 5.91 Å². The smallest absolute Gasteiger partial charge is 0.255 e. The van der Waals surface area contributed by atoms with E-state index >= 15 is 0 Å². The van der Waals surface area contributed by atoms with Crippen molar-refractivity contribution in [2.45, 2.75) is 25.8 Å². The molecule has 30 heavy (non-hydrogen) atoms. The largest absolute Gasteiger partial charge is 0.497 e. The van der Waals surface area contributed by atoms with Gasteiger partial charge in [-0.05, 0) is 55.7 Å². The molecule has 0 aliphatic carbocycles. The summed E-state index contributed by atoms with van der Waals surface area (Å²) in [6.45, 7) is 2.07. The predicted octanol–water partition coefficient (Wildman–Crippen LogP) is 4.17. The summed E-state index contributed by atoms with van der Waals surface area (Å²) in [7, 11) is 1.64. The molecule has 0 saturated carbocycles. The number of hydrogen-bond acceptors (Lipinski definition) is 5. The molecule has 156 valence electrons. The van der Waals surface area contributed by atoms with Crippen molar-refractivity contribution < 1.29 is 9.53 Å². The highest BCUT2D eigenvalue weighted by Crippen LogP contribution is 2.23. The van der Waals surface area contributed by atoms with Crippen LogP contribution >= 0.6 is 11.6 Å². The Hall–Kier alpha value is -3.06. The third-order valence-corrected chi connectivity index (χ3v) is 5.44. The van der Waals surface area contributed by atoms with Crippen molar-refractivity contribution in [1.82, 2.24) is 19.7 Å². The number of amides is 1. The second kappa shape index (κ2) is 9.17. The third kappa shape index (κ3) is 4.57. The minimum absolute atomic E-state index is 0.00566. The second-order valence-corrected chi connectivity index (χ2v) is 7.62. The molecule has 3 heterocycles. The first-order chi connectivity index (χ1) is 14.6. The van der Waals surface area contributed by atoms with Crippen molar-refractivity contribution in [3.05, 3.63) is 65.1 Å². The number of methoxy groups -OCH3 is 1. The molecule has 1 fully saturated rings. The first-order valence-corrected chi connectivity index (χ1v) is 10.4. The van der Waals surface area contributed by atoms with Crippen molar-refractivity contribution in [3.63, 3.8) is 0 Å². The Labute approximate surface area is 180 Å². The highest BCUT2D eigenvalue weighted by Gasteiger charge is 2.19. The number of likely N-dealkylation sites (tertiary alicyclic amines) is 1. The average molecular weight is 426 g/mol. The van der Waals surface area contributed by atoms with Gasteiger partial charge in [0.05, 0.1) is 35.6 Å². The summed E-state index contributed by atoms with van der Waals surface area (Å²) in [5, 5.41) is 8.19. The Morgan fingerprint density at radius 1 is 1.17 bits per heavy atom. The number of piperidine rings is 1. The summed E-state index contributed by atoms with van der Waals surface area (Å²) >= 11 is 6.38. The number of benzene rings is 1. The highest BCUT2D eigenvalue weighted by molar-refractivity contribution is 6.33. The molecule has 1 amide bonds. The zero-order valence-electron chi connectivity index (χ0n) is 16.8. The Balaban J connectivity index is 1.39. The van der Waals surface area contributed by atoms with Crippen LogP contribution in [0.2, 0.25) is 5.02 Å². The number of ether oxygens (including phenoxy) is 1. The van der Waals surface area contributed by atoms with Crippen molar-refractivity contribution >= 4 is 23.3 Å². The lowest BCUT2D eigenvalue weighted by Gasteiger charge is -2.26. The molecule has 0 radical (unpaired) electrons. The van der Waals surface area contributed by atoms with Crippen molar-refractivity contribution in [2.75, 3.05) is 25.5 Å². The van der Waals surface area contributed by atoms with E-state index in [0.717, 1.165) is 43.1 Å². The molecule has 1 aromatic carbocycles. The highest BCUT2D eigenvalue weighted by atomic mass is 35.5. The molecule has 1 aliphatic rings. The molecule has 0 spiro atoms. The van der Waals surface area contributed by atoms with Crippen molar-refractivity contribution in [1.29, 1.82) is 0 Å². The van der Waals surface area contributed by atoms with E-state index in [9.17, 15) is 4.79 Å². The van der Waals surface area contributed by atoms with Gasteiger partial charge in [-0.1, -0.05) is 11.6 Å². The van der Waals surface area contributed by atoms with Crippen molar-refractivity contribution in [3.8, 4) is 11.4 Å². The third-order valence-electron chi connectivity index (χ3n) is 5.15. The monoisotopic (exact) mass is 425 g/mol. The molecule has 0 bridgehead atoms. The van der Waals surface area contributed by atoms with Gasteiger partial charge in [0.15, 0.2) is 0 Å². The summed E-state index contributed by atoms with van der Waals surface area (Å²) in [5.41, 5.74) is 2.31. The number of halogens is 1. The predicted molar refractivity (Wildman–Crippen MR) is 116 cm³/mol. The second-order valence-electron chi connectivity index (χ2n) is 7.21. The van der Waals surface area contributed by atoms with Crippen LogP contribution in [-0.2, 0) is 6.54 Å². The van der Waals surface area contributed by atoms with E-state index < -0.39 is 0 Å². The van der Waals surface area contributed by atoms with E-state index in [1.807, 2.05) is 41.4 Å². The summed E-state index contributed by atoms with van der Waals surface area (Å²) in [6.07, 6.45) is 6.76. The number of nitrogens with zero attached hydrogens (tertiary/aromatic N) is 4. The molecule has 1 N–H and O–H groups in total. The fourth-order valence-electron chi connectivity index (χ4n) is 3.47. The van der Waals surface area contributed by atoms with Gasteiger partial charge in [-0.2, -0.15) is 5.10 Å². The fourth-order valence-corrected chi connectivity index (χ4v) is 3.71. The maximum absolute atomic E-state index is 12.6. The summed E-state index contributed by atoms with van der Waals surface area (Å²) in [4.78, 5) is 18.8. The van der Waals surface area contributed by atoms with Crippen molar-refractivity contribution in [2.24, 2.45) is 0 Å². The van der Waals surface area contributed by atoms with E-state index in [0.29, 0.717) is 22.9 Å². The van der Waals surface area contributed by atoms with Crippen LogP contribution in [0.4, 0.5) is 5.82 Å². The molecule has 4 rings (SSSR count). The van der Waals surface area contributed by atoms with E-state index in [1.54, 1.807) is 24.1 Å². The zero-order valence-corrected chi connectivity index (χ0v) is 17.6. The van der Waals surface area contributed by atoms with Crippen LogP contribution in [-0.4, -0.2) is 45.8 Å². The van der Waals surface area contributed by atoms with Gasteiger partial charge in [0.2, 0.25) is 0 Å². The molecule has 8 heteroatoms. The van der Waals surface area contributed by atoms with Gasteiger partial charge in [0.1, 0.15) is 11.6 Å². The zero-order chi connectivity index (χ0) is 20.9. The van der Waals surface area contributed by atoms with Crippen LogP contribution < -0.4 is 10.1 Å². The molecule has 3 aromatic rings. The number of rotatable bonds is 6. The average Bonchev–Trinajstić information content (AvgIpc) is 3.27. The topological polar surface area (TPSA) is 72.3 Å². The van der Waals surface area contributed by atoms with E-state index in [-0.39, 0.29) is 5.91 Å². The van der Waals surface area contributed by atoms with Crippen LogP contribution in [0, 0.1) is 0 Å². The standard InChI is InChI=1S/C22H24ClN5O2/c1-30-19-7-5-18(6-8-19)28-12-9-17(26-28)15-25-21-20(23)13-16(14-24-21)22(29)27-10-3-2-4-11-27/h5-9,12-14H,2-4,10-11,15H2,1H3,(H,24,25). The molecule has 1 aliphatic heterocycles. The lowest BCUT2D eigenvalue weighted by atomic mass is 10.1. The Morgan fingerprint density at radius 2 is 1.93 bits per heavy atom. The summed E-state index contributed by atoms with van der Waals surface area (Å²) in [5.74, 6) is 1.33. The molecule has 2 aromatic heterocycles. The van der Waals surface area contributed by atoms with Gasteiger partial charge in [-0.3, -0.25) is 4.79 Å². The van der Waals surface area contributed by atoms with Gasteiger partial charge >= 0.3 is 0 Å². The lowest BCUT2D eigenvalue weighted by Crippen LogP contribution is -2.35. The Morgan fingerprint density at radius 3 is 2.63 bits per heavy atom. The fraction of sp³-hybridized carbons (Fsp3) is 0.318. The number of aromatic nitrogens is 3. The molecule has 1 saturated heterocycles. The van der Waals surface area contributed by atoms with Crippen LogP contribution in [0.1, 0.15) is 35.3 Å². The molecule has 0 atom stereocenters. The first-order valence-electron chi connectivity index (χ1n) is 10.0. The summed E-state index contributed by atoms with van der Waals surface area (Å²) in [6, 6.07) is 11.3. The molecule has 0 unspecified atom stereocenters. The normalized spacial score (nSPS) is 13.9. The van der Waals surface area contributed by atoms with Crippen LogP contribution in [0.15, 0.2) is 48.8 Å². The number of pyridine rings is 1. The van der Waals surface area contributed by atoms with Crippen LogP contribution in [0.5, 0.6) is 5.75 Å². The first kappa shape index (κ1) is 20.2. The molecular weight excluding hydrogens is 402 g/mol. The van der Waals surface area contributed by atoms with Crippen LogP contribution in [0.3, 0.4) is 0 Å². The summed E-state index contributed by atoms with van der Waals surface area (Å²) < 4.78 is 6.98. The molecular formula is C22H24ClN5O2. The van der Waals surface area contributed by atoms with E-state index in [2.05, 4.69) is 15.4 Å². The van der Waals surface area contributed by atoms with Gasteiger partial charge < -0.3 is 15.0 Å². The molecule has 7 nitrogen and oxygen atoms in total. The van der Waals surface area contributed by atoms with E-state index in [1.165, 1.54) is 6.42 Å². The SMILES string of the molecule is COc1ccc(-n2ccc(CNc3ncc(C(=O)N4CCCCC4)cc3Cl)n2)cc1. The lowest BCUT2D eigenvalue weighted by molar-refractivity contribution is 0.0724. The van der Waals surface area contributed by atoms with E-state index in [4.69, 9.17) is 16.3 Å². The Kier molecular flexibility index (Phi) is 6.18. The van der Waals surface area contributed by atoms with Gasteiger partial charge in [-0.15, -0.1) is 0 Å². The Bertz CT molecular complexity index is 1010. The maximum atomic E-state index is 12.6. The van der Waals surface area contributed by atoms with Crippen LogP contribution in [0.25, 0.3) is 5.69 Å². The van der Waals surface area contributed by atoms with Gasteiger partial charge in [0, 0.05) is 25.5 Å². The minimum Gasteiger partial charge on any atom is -0.497 e. The number of hydrogen-bond donors (Lipinski definition) is 1. The minimum atomic E-state index is -0.00566. The van der Waals surface area contributed by atoms with Gasteiger partial charge in [-0.25, -0.2) is 9.67 Å². The number of carbonyl (C=O) groups is 1. The number of carbonyl (C=O) groups excluding carboxylic acids is 1. The quantitative estimate of drug-likeness (QED) is 0.641. The number of anilines is 1.